The molecular formula is C20H32O2. The van der Waals surface area contributed by atoms with Crippen LogP contribution in [0.15, 0.2) is 24.3 Å². The van der Waals surface area contributed by atoms with Gasteiger partial charge in [-0.3, -0.25) is 0 Å². The lowest BCUT2D eigenvalue weighted by molar-refractivity contribution is 0.253. The fourth-order valence-corrected chi connectivity index (χ4v) is 3.52. The van der Waals surface area contributed by atoms with Gasteiger partial charge in [-0.05, 0) is 68.1 Å². The number of ether oxygens (including phenoxy) is 1. The maximum absolute atomic E-state index is 8.75. The summed E-state index contributed by atoms with van der Waals surface area (Å²) in [7, 11) is 0. The summed E-state index contributed by atoms with van der Waals surface area (Å²) in [4.78, 5) is 0. The first kappa shape index (κ1) is 17.3. The molecule has 0 spiro atoms. The Bertz CT molecular complexity index is 391. The molecule has 0 unspecified atom stereocenters. The van der Waals surface area contributed by atoms with Crippen molar-refractivity contribution < 1.29 is 9.84 Å². The third kappa shape index (κ3) is 5.64. The molecule has 124 valence electrons. The van der Waals surface area contributed by atoms with E-state index in [1.807, 2.05) is 0 Å². The van der Waals surface area contributed by atoms with E-state index in [-0.39, 0.29) is 6.61 Å². The van der Waals surface area contributed by atoms with Gasteiger partial charge >= 0.3 is 0 Å². The molecule has 1 aromatic carbocycles. The van der Waals surface area contributed by atoms with Crippen molar-refractivity contribution in [2.24, 2.45) is 5.92 Å². The van der Waals surface area contributed by atoms with Crippen molar-refractivity contribution >= 4 is 0 Å². The molecular weight excluding hydrogens is 272 g/mol. The lowest BCUT2D eigenvalue weighted by Gasteiger charge is -2.28. The van der Waals surface area contributed by atoms with Gasteiger partial charge in [-0.25, -0.2) is 0 Å². The summed E-state index contributed by atoms with van der Waals surface area (Å²) < 4.78 is 5.70. The highest BCUT2D eigenvalue weighted by molar-refractivity contribution is 5.29. The SMILES string of the molecule is CCCCC1CCC(c2ccc(OCCCCO)cc2)CC1. The summed E-state index contributed by atoms with van der Waals surface area (Å²) in [5.74, 6) is 2.69. The molecule has 2 heteroatoms. The molecule has 0 heterocycles. The van der Waals surface area contributed by atoms with Crippen molar-refractivity contribution in [3.63, 3.8) is 0 Å². The van der Waals surface area contributed by atoms with Gasteiger partial charge in [0.05, 0.1) is 6.61 Å². The average Bonchev–Trinajstić information content (AvgIpc) is 2.58. The van der Waals surface area contributed by atoms with Crippen LogP contribution in [-0.4, -0.2) is 18.3 Å². The lowest BCUT2D eigenvalue weighted by atomic mass is 9.77. The third-order valence-electron chi connectivity index (χ3n) is 4.99. The second-order valence-electron chi connectivity index (χ2n) is 6.71. The van der Waals surface area contributed by atoms with Crippen LogP contribution < -0.4 is 4.74 Å². The van der Waals surface area contributed by atoms with Crippen molar-refractivity contribution in [3.05, 3.63) is 29.8 Å². The molecule has 0 aliphatic heterocycles. The van der Waals surface area contributed by atoms with Crippen molar-refractivity contribution in [1.82, 2.24) is 0 Å². The predicted molar refractivity (Wildman–Crippen MR) is 92.5 cm³/mol. The Hall–Kier alpha value is -1.02. The van der Waals surface area contributed by atoms with Crippen LogP contribution in [0.1, 0.15) is 76.2 Å². The highest BCUT2D eigenvalue weighted by Crippen LogP contribution is 2.38. The highest BCUT2D eigenvalue weighted by Gasteiger charge is 2.21. The van der Waals surface area contributed by atoms with Crippen LogP contribution >= 0.6 is 0 Å². The molecule has 0 aromatic heterocycles. The second kappa shape index (κ2) is 9.89. The van der Waals surface area contributed by atoms with Crippen LogP contribution in [0.3, 0.4) is 0 Å². The van der Waals surface area contributed by atoms with Gasteiger partial charge in [-0.2, -0.15) is 0 Å². The minimum Gasteiger partial charge on any atom is -0.494 e. The van der Waals surface area contributed by atoms with Gasteiger partial charge < -0.3 is 9.84 Å². The molecule has 0 radical (unpaired) electrons. The van der Waals surface area contributed by atoms with Crippen molar-refractivity contribution in [2.45, 2.75) is 70.6 Å². The number of hydrogen-bond donors (Lipinski definition) is 1. The van der Waals surface area contributed by atoms with Crippen LogP contribution in [0.4, 0.5) is 0 Å². The number of aliphatic hydroxyl groups is 1. The molecule has 1 saturated carbocycles. The van der Waals surface area contributed by atoms with E-state index >= 15 is 0 Å². The fraction of sp³-hybridized carbons (Fsp3) is 0.700. The highest BCUT2D eigenvalue weighted by atomic mass is 16.5. The average molecular weight is 304 g/mol. The van der Waals surface area contributed by atoms with Crippen molar-refractivity contribution in [1.29, 1.82) is 0 Å². The molecule has 1 aliphatic rings. The van der Waals surface area contributed by atoms with E-state index in [0.29, 0.717) is 6.61 Å². The molecule has 1 N–H and O–H groups in total. The zero-order chi connectivity index (χ0) is 15.6. The standard InChI is InChI=1S/C20H32O2/c1-2-3-6-17-7-9-18(10-8-17)19-11-13-20(14-12-19)22-16-5-4-15-21/h11-14,17-18,21H,2-10,15-16H2,1H3. The smallest absolute Gasteiger partial charge is 0.119 e. The third-order valence-corrected chi connectivity index (χ3v) is 4.99. The zero-order valence-corrected chi connectivity index (χ0v) is 14.1. The lowest BCUT2D eigenvalue weighted by Crippen LogP contribution is -2.13. The summed E-state index contributed by atoms with van der Waals surface area (Å²) in [6, 6.07) is 8.71. The Labute approximate surface area is 135 Å². The van der Waals surface area contributed by atoms with Gasteiger partial charge in [0.25, 0.3) is 0 Å². The van der Waals surface area contributed by atoms with Gasteiger partial charge in [-0.1, -0.05) is 38.3 Å². The minimum atomic E-state index is 0.253. The van der Waals surface area contributed by atoms with Crippen LogP contribution in [0.5, 0.6) is 5.75 Å². The number of benzene rings is 1. The van der Waals surface area contributed by atoms with E-state index in [1.165, 1.54) is 50.5 Å². The molecule has 2 rings (SSSR count). The number of unbranched alkanes of at least 4 members (excludes halogenated alkanes) is 2. The van der Waals surface area contributed by atoms with E-state index in [2.05, 4.69) is 31.2 Å². The summed E-state index contributed by atoms with van der Waals surface area (Å²) in [5.41, 5.74) is 1.48. The summed E-state index contributed by atoms with van der Waals surface area (Å²) in [6.07, 6.45) is 11.4. The van der Waals surface area contributed by atoms with Gasteiger partial charge in [0.15, 0.2) is 0 Å². The number of rotatable bonds is 9. The monoisotopic (exact) mass is 304 g/mol. The molecule has 1 aromatic rings. The minimum absolute atomic E-state index is 0.253. The molecule has 1 fully saturated rings. The largest absolute Gasteiger partial charge is 0.494 e. The Balaban J connectivity index is 1.74. The summed E-state index contributed by atoms with van der Waals surface area (Å²) in [5, 5.41) is 8.75. The topological polar surface area (TPSA) is 29.5 Å². The second-order valence-corrected chi connectivity index (χ2v) is 6.71. The van der Waals surface area contributed by atoms with Gasteiger partial charge in [0.1, 0.15) is 5.75 Å². The molecule has 2 nitrogen and oxygen atoms in total. The maximum Gasteiger partial charge on any atom is 0.119 e. The van der Waals surface area contributed by atoms with Crippen LogP contribution in [0, 0.1) is 5.92 Å². The Morgan fingerprint density at radius 1 is 1.00 bits per heavy atom. The first-order chi connectivity index (χ1) is 10.8. The fourth-order valence-electron chi connectivity index (χ4n) is 3.52. The van der Waals surface area contributed by atoms with Crippen LogP contribution in [0.2, 0.25) is 0 Å². The molecule has 0 atom stereocenters. The maximum atomic E-state index is 8.75. The molecule has 0 bridgehead atoms. The Morgan fingerprint density at radius 3 is 2.36 bits per heavy atom. The molecule has 1 aliphatic carbocycles. The van der Waals surface area contributed by atoms with Gasteiger partial charge in [0, 0.05) is 6.61 Å². The quantitative estimate of drug-likeness (QED) is 0.627. The van der Waals surface area contributed by atoms with Gasteiger partial charge in [0.2, 0.25) is 0 Å². The van der Waals surface area contributed by atoms with E-state index in [0.717, 1.165) is 30.4 Å². The Kier molecular flexibility index (Phi) is 7.79. The zero-order valence-electron chi connectivity index (χ0n) is 14.1. The van der Waals surface area contributed by atoms with Crippen LogP contribution in [-0.2, 0) is 0 Å². The van der Waals surface area contributed by atoms with E-state index in [1.54, 1.807) is 0 Å². The van der Waals surface area contributed by atoms with E-state index in [4.69, 9.17) is 9.84 Å². The van der Waals surface area contributed by atoms with Crippen molar-refractivity contribution in [3.8, 4) is 5.75 Å². The first-order valence-electron chi connectivity index (χ1n) is 9.17. The number of aliphatic hydroxyl groups excluding tert-OH is 1. The molecule has 0 amide bonds. The van der Waals surface area contributed by atoms with E-state index < -0.39 is 0 Å². The van der Waals surface area contributed by atoms with E-state index in [9.17, 15) is 0 Å². The summed E-state index contributed by atoms with van der Waals surface area (Å²) in [6.45, 7) is 3.24. The Morgan fingerprint density at radius 2 is 1.73 bits per heavy atom. The molecule has 0 saturated heterocycles. The van der Waals surface area contributed by atoms with Crippen LogP contribution in [0.25, 0.3) is 0 Å². The summed E-state index contributed by atoms with van der Waals surface area (Å²) >= 11 is 0. The molecule has 22 heavy (non-hydrogen) atoms. The van der Waals surface area contributed by atoms with Gasteiger partial charge in [-0.15, -0.1) is 0 Å². The predicted octanol–water partition coefficient (Wildman–Crippen LogP) is 5.30. The normalized spacial score (nSPS) is 21.7. The van der Waals surface area contributed by atoms with Crippen molar-refractivity contribution in [2.75, 3.05) is 13.2 Å². The first-order valence-corrected chi connectivity index (χ1v) is 9.17. The number of hydrogen-bond acceptors (Lipinski definition) is 2.